The smallest absolute Gasteiger partial charge is 0.144 e. The minimum Gasteiger partial charge on any atom is -0.324 e. The van der Waals surface area contributed by atoms with Crippen molar-refractivity contribution in [1.29, 1.82) is 0 Å². The second-order valence-corrected chi connectivity index (χ2v) is 6.90. The maximum atomic E-state index is 13.6. The summed E-state index contributed by atoms with van der Waals surface area (Å²) in [6, 6.07) is 3.51. The van der Waals surface area contributed by atoms with Crippen LogP contribution in [0, 0.1) is 5.82 Å². The highest BCUT2D eigenvalue weighted by Crippen LogP contribution is 2.33. The molecule has 6 heteroatoms. The normalized spacial score (nSPS) is 19.6. The van der Waals surface area contributed by atoms with Crippen molar-refractivity contribution in [3.05, 3.63) is 28.8 Å². The van der Waals surface area contributed by atoms with Crippen LogP contribution >= 0.6 is 35.0 Å². The van der Waals surface area contributed by atoms with Crippen LogP contribution in [0.25, 0.3) is 11.0 Å². The van der Waals surface area contributed by atoms with Crippen molar-refractivity contribution in [1.82, 2.24) is 9.55 Å². The lowest BCUT2D eigenvalue weighted by molar-refractivity contribution is 0.495. The molecule has 20 heavy (non-hydrogen) atoms. The number of rotatable bonds is 3. The molecule has 2 heterocycles. The maximum Gasteiger partial charge on any atom is 0.144 e. The van der Waals surface area contributed by atoms with Crippen molar-refractivity contribution in [2.45, 2.75) is 25.3 Å². The first-order valence-corrected chi connectivity index (χ1v) is 8.77. The Morgan fingerprint density at radius 2 is 2.30 bits per heavy atom. The van der Waals surface area contributed by atoms with E-state index in [1.165, 1.54) is 18.2 Å². The molecular weight excluding hydrogens is 318 g/mol. The van der Waals surface area contributed by atoms with Crippen molar-refractivity contribution < 1.29 is 4.39 Å². The van der Waals surface area contributed by atoms with E-state index in [1.807, 2.05) is 11.8 Å². The van der Waals surface area contributed by atoms with E-state index in [0.29, 0.717) is 23.9 Å². The number of hydrogen-bond acceptors (Lipinski definition) is 2. The Morgan fingerprint density at radius 1 is 1.45 bits per heavy atom. The van der Waals surface area contributed by atoms with Crippen LogP contribution in [-0.4, -0.2) is 26.9 Å². The molecule has 1 aromatic heterocycles. The van der Waals surface area contributed by atoms with Crippen LogP contribution in [0.3, 0.4) is 0 Å². The molecule has 108 valence electrons. The molecular formula is C14H15Cl2FN2S. The standard InChI is InChI=1S/C14H15Cl2FN2S/c15-4-3-14-18-12-7-11(17)10(16)6-13(12)19(14)9-2-1-5-20-8-9/h6-7,9H,1-5,8H2. The Morgan fingerprint density at radius 3 is 3.00 bits per heavy atom. The highest BCUT2D eigenvalue weighted by atomic mass is 35.5. The third kappa shape index (κ3) is 2.66. The third-order valence-electron chi connectivity index (χ3n) is 3.62. The molecule has 0 bridgehead atoms. The van der Waals surface area contributed by atoms with Gasteiger partial charge in [-0.05, 0) is 24.7 Å². The number of benzene rings is 1. The molecule has 0 aliphatic carbocycles. The minimum atomic E-state index is -0.417. The van der Waals surface area contributed by atoms with Gasteiger partial charge in [0.15, 0.2) is 0 Å². The zero-order chi connectivity index (χ0) is 14.1. The number of hydrogen-bond donors (Lipinski definition) is 0. The number of nitrogens with zero attached hydrogens (tertiary/aromatic N) is 2. The van der Waals surface area contributed by atoms with Crippen molar-refractivity contribution in [3.63, 3.8) is 0 Å². The number of imidazole rings is 1. The molecule has 0 spiro atoms. The van der Waals surface area contributed by atoms with Crippen LogP contribution in [0.4, 0.5) is 4.39 Å². The number of aryl methyl sites for hydroxylation is 1. The summed E-state index contributed by atoms with van der Waals surface area (Å²) in [6.07, 6.45) is 3.02. The Bertz CT molecular complexity index is 623. The summed E-state index contributed by atoms with van der Waals surface area (Å²) in [6.45, 7) is 0. The van der Waals surface area contributed by atoms with Gasteiger partial charge in [0.1, 0.15) is 11.6 Å². The van der Waals surface area contributed by atoms with E-state index in [9.17, 15) is 4.39 Å². The second kappa shape index (κ2) is 6.12. The van der Waals surface area contributed by atoms with E-state index in [-0.39, 0.29) is 5.02 Å². The van der Waals surface area contributed by atoms with Gasteiger partial charge in [0.2, 0.25) is 0 Å². The predicted octanol–water partition coefficient (Wildman–Crippen LogP) is 4.68. The fraction of sp³-hybridized carbons (Fsp3) is 0.500. The molecule has 3 rings (SSSR count). The fourth-order valence-electron chi connectivity index (χ4n) is 2.74. The molecule has 2 nitrogen and oxygen atoms in total. The van der Waals surface area contributed by atoms with Crippen LogP contribution in [0.15, 0.2) is 12.1 Å². The summed E-state index contributed by atoms with van der Waals surface area (Å²) in [5, 5.41) is 0.152. The van der Waals surface area contributed by atoms with Crippen molar-refractivity contribution in [2.24, 2.45) is 0 Å². The van der Waals surface area contributed by atoms with E-state index in [2.05, 4.69) is 9.55 Å². The van der Waals surface area contributed by atoms with Crippen molar-refractivity contribution in [3.8, 4) is 0 Å². The van der Waals surface area contributed by atoms with Gasteiger partial charge in [-0.25, -0.2) is 9.37 Å². The first-order chi connectivity index (χ1) is 9.70. The molecule has 1 aliphatic heterocycles. The van der Waals surface area contributed by atoms with Gasteiger partial charge in [0, 0.05) is 30.2 Å². The Balaban J connectivity index is 2.14. The molecule has 2 aromatic rings. The Labute approximate surface area is 131 Å². The summed E-state index contributed by atoms with van der Waals surface area (Å²) in [5.41, 5.74) is 1.59. The van der Waals surface area contributed by atoms with E-state index < -0.39 is 5.82 Å². The van der Waals surface area contributed by atoms with E-state index >= 15 is 0 Å². The number of alkyl halides is 1. The predicted molar refractivity (Wildman–Crippen MR) is 84.7 cm³/mol. The van der Waals surface area contributed by atoms with Crippen LogP contribution in [0.5, 0.6) is 0 Å². The van der Waals surface area contributed by atoms with Gasteiger partial charge in [-0.15, -0.1) is 11.6 Å². The quantitative estimate of drug-likeness (QED) is 0.759. The largest absolute Gasteiger partial charge is 0.324 e. The average Bonchev–Trinajstić information content (AvgIpc) is 2.78. The van der Waals surface area contributed by atoms with Gasteiger partial charge in [-0.1, -0.05) is 11.6 Å². The van der Waals surface area contributed by atoms with Gasteiger partial charge in [-0.3, -0.25) is 0 Å². The van der Waals surface area contributed by atoms with Gasteiger partial charge in [0.25, 0.3) is 0 Å². The summed E-state index contributed by atoms with van der Waals surface area (Å²) in [7, 11) is 0. The molecule has 0 amide bonds. The molecule has 0 radical (unpaired) electrons. The summed E-state index contributed by atoms with van der Waals surface area (Å²) < 4.78 is 15.8. The molecule has 1 saturated heterocycles. The van der Waals surface area contributed by atoms with Gasteiger partial charge < -0.3 is 4.57 Å². The van der Waals surface area contributed by atoms with Crippen LogP contribution in [0.1, 0.15) is 24.7 Å². The SMILES string of the molecule is Fc1cc2nc(CCCl)n(C3CCCSC3)c2cc1Cl. The Hall–Kier alpha value is -0.450. The molecule has 0 N–H and O–H groups in total. The number of aromatic nitrogens is 2. The molecule has 1 atom stereocenters. The summed E-state index contributed by atoms with van der Waals surface area (Å²) >= 11 is 13.8. The van der Waals surface area contributed by atoms with E-state index in [4.69, 9.17) is 23.2 Å². The van der Waals surface area contributed by atoms with Gasteiger partial charge >= 0.3 is 0 Å². The third-order valence-corrected chi connectivity index (χ3v) is 5.30. The highest BCUT2D eigenvalue weighted by Gasteiger charge is 2.22. The second-order valence-electron chi connectivity index (χ2n) is 4.96. The van der Waals surface area contributed by atoms with Crippen molar-refractivity contribution >= 4 is 46.0 Å². The van der Waals surface area contributed by atoms with E-state index in [0.717, 1.165) is 23.5 Å². The minimum absolute atomic E-state index is 0.152. The topological polar surface area (TPSA) is 17.8 Å². The average molecular weight is 333 g/mol. The summed E-state index contributed by atoms with van der Waals surface area (Å²) in [5.74, 6) is 3.31. The van der Waals surface area contributed by atoms with Crippen molar-refractivity contribution in [2.75, 3.05) is 17.4 Å². The number of thioether (sulfide) groups is 1. The monoisotopic (exact) mass is 332 g/mol. The van der Waals surface area contributed by atoms with Gasteiger partial charge in [0.05, 0.1) is 16.1 Å². The van der Waals surface area contributed by atoms with Crippen LogP contribution < -0.4 is 0 Å². The fourth-order valence-corrected chi connectivity index (χ4v) is 4.19. The van der Waals surface area contributed by atoms with Crippen LogP contribution in [-0.2, 0) is 6.42 Å². The molecule has 0 saturated carbocycles. The lowest BCUT2D eigenvalue weighted by atomic mass is 10.1. The molecule has 1 aliphatic rings. The van der Waals surface area contributed by atoms with Gasteiger partial charge in [-0.2, -0.15) is 11.8 Å². The molecule has 1 unspecified atom stereocenters. The lowest BCUT2D eigenvalue weighted by Crippen LogP contribution is -2.18. The maximum absolute atomic E-state index is 13.6. The number of fused-ring (bicyclic) bond motifs is 1. The number of halogens is 3. The first-order valence-electron chi connectivity index (χ1n) is 6.70. The first kappa shape index (κ1) is 14.5. The highest BCUT2D eigenvalue weighted by molar-refractivity contribution is 7.99. The zero-order valence-corrected chi connectivity index (χ0v) is 13.2. The summed E-state index contributed by atoms with van der Waals surface area (Å²) in [4.78, 5) is 4.55. The Kier molecular flexibility index (Phi) is 4.43. The molecule has 1 fully saturated rings. The lowest BCUT2D eigenvalue weighted by Gasteiger charge is -2.25. The van der Waals surface area contributed by atoms with Crippen LogP contribution in [0.2, 0.25) is 5.02 Å². The van der Waals surface area contributed by atoms with E-state index in [1.54, 1.807) is 6.07 Å². The molecule has 1 aromatic carbocycles. The zero-order valence-electron chi connectivity index (χ0n) is 10.9.